The maximum Gasteiger partial charge on any atom is 0.250 e. The average molecular weight is 293 g/mol. The zero-order valence-corrected chi connectivity index (χ0v) is 10.7. The minimum absolute atomic E-state index is 0.271. The van der Waals surface area contributed by atoms with Gasteiger partial charge in [-0.25, -0.2) is 23.7 Å². The summed E-state index contributed by atoms with van der Waals surface area (Å²) in [6.07, 6.45) is 1.32. The molecule has 3 rings (SSSR count). The predicted octanol–water partition coefficient (Wildman–Crippen LogP) is 3.59. The highest BCUT2D eigenvalue weighted by molar-refractivity contribution is 7.99. The lowest BCUT2D eigenvalue weighted by Crippen LogP contribution is -1.96. The van der Waals surface area contributed by atoms with Gasteiger partial charge in [0.25, 0.3) is 0 Å². The molecule has 3 aromatic rings. The minimum atomic E-state index is -1.34. The Labute approximate surface area is 115 Å². The first-order valence-corrected chi connectivity index (χ1v) is 6.36. The van der Waals surface area contributed by atoms with Gasteiger partial charge in [-0.05, 0) is 17.8 Å². The first-order valence-electron chi connectivity index (χ1n) is 5.54. The van der Waals surface area contributed by atoms with Crippen LogP contribution in [0.3, 0.4) is 0 Å². The molecule has 0 spiro atoms. The molecule has 0 unspecified atom stereocenters. The summed E-state index contributed by atoms with van der Waals surface area (Å²) in [5.41, 5.74) is 0.674. The van der Waals surface area contributed by atoms with Crippen molar-refractivity contribution >= 4 is 22.7 Å². The van der Waals surface area contributed by atoms with E-state index in [4.69, 9.17) is 0 Å². The molecule has 0 fully saturated rings. The van der Waals surface area contributed by atoms with Crippen LogP contribution in [-0.2, 0) is 0 Å². The van der Waals surface area contributed by atoms with Crippen LogP contribution >= 0.6 is 11.8 Å². The van der Waals surface area contributed by atoms with Crippen LogP contribution in [0.15, 0.2) is 46.7 Å². The molecule has 2 heterocycles. The Morgan fingerprint density at radius 2 is 1.70 bits per heavy atom. The zero-order valence-electron chi connectivity index (χ0n) is 9.85. The van der Waals surface area contributed by atoms with Crippen molar-refractivity contribution in [3.63, 3.8) is 0 Å². The van der Waals surface area contributed by atoms with E-state index < -0.39 is 17.6 Å². The van der Waals surface area contributed by atoms with Gasteiger partial charge in [0.1, 0.15) is 16.4 Å². The molecule has 1 aromatic carbocycles. The summed E-state index contributed by atoms with van der Waals surface area (Å²) < 4.78 is 39.5. The molecule has 0 saturated carbocycles. The second kappa shape index (κ2) is 5.09. The molecule has 0 radical (unpaired) electrons. The summed E-state index contributed by atoms with van der Waals surface area (Å²) in [5, 5.41) is 0.840. The Hall–Kier alpha value is -2.15. The van der Waals surface area contributed by atoms with Crippen LogP contribution in [0.5, 0.6) is 0 Å². The number of nitrogens with zero attached hydrogens (tertiary/aromatic N) is 3. The van der Waals surface area contributed by atoms with Crippen LogP contribution in [0.25, 0.3) is 10.9 Å². The molecule has 0 atom stereocenters. The molecule has 0 aliphatic carbocycles. The van der Waals surface area contributed by atoms with Crippen molar-refractivity contribution in [2.75, 3.05) is 0 Å². The first kappa shape index (κ1) is 12.9. The van der Waals surface area contributed by atoms with Crippen molar-refractivity contribution in [3.8, 4) is 0 Å². The van der Waals surface area contributed by atoms with E-state index >= 15 is 0 Å². The number of pyridine rings is 1. The molecule has 0 aliphatic rings. The molecule has 100 valence electrons. The molecule has 0 bridgehead atoms. The van der Waals surface area contributed by atoms with E-state index in [2.05, 4.69) is 15.0 Å². The number of benzene rings is 1. The van der Waals surface area contributed by atoms with Crippen LogP contribution in [0.1, 0.15) is 0 Å². The van der Waals surface area contributed by atoms with E-state index in [0.29, 0.717) is 22.0 Å². The van der Waals surface area contributed by atoms with Gasteiger partial charge in [-0.1, -0.05) is 18.2 Å². The smallest absolute Gasteiger partial charge is 0.236 e. The predicted molar refractivity (Wildman–Crippen MR) is 67.8 cm³/mol. The number of aromatic nitrogens is 3. The third-order valence-corrected chi connectivity index (χ3v) is 3.55. The van der Waals surface area contributed by atoms with Crippen LogP contribution in [-0.4, -0.2) is 15.0 Å². The lowest BCUT2D eigenvalue weighted by Gasteiger charge is -2.05. The Kier molecular flexibility index (Phi) is 3.27. The maximum atomic E-state index is 13.6. The summed E-state index contributed by atoms with van der Waals surface area (Å²) in [4.78, 5) is 11.3. The quantitative estimate of drug-likeness (QED) is 0.534. The highest BCUT2D eigenvalue weighted by Gasteiger charge is 2.15. The van der Waals surface area contributed by atoms with Gasteiger partial charge in [-0.3, -0.25) is 0 Å². The maximum absolute atomic E-state index is 13.6. The van der Waals surface area contributed by atoms with Crippen molar-refractivity contribution < 1.29 is 13.2 Å². The van der Waals surface area contributed by atoms with E-state index in [-0.39, 0.29) is 5.03 Å². The molecular weight excluding hydrogens is 287 g/mol. The second-order valence-corrected chi connectivity index (χ2v) is 4.82. The highest BCUT2D eigenvalue weighted by atomic mass is 32.2. The fourth-order valence-electron chi connectivity index (χ4n) is 1.65. The van der Waals surface area contributed by atoms with E-state index in [0.717, 1.165) is 11.8 Å². The normalized spacial score (nSPS) is 10.9. The molecule has 0 amide bonds. The van der Waals surface area contributed by atoms with Gasteiger partial charge in [-0.15, -0.1) is 0 Å². The Morgan fingerprint density at radius 3 is 2.55 bits per heavy atom. The molecule has 2 aromatic heterocycles. The van der Waals surface area contributed by atoms with Crippen LogP contribution < -0.4 is 0 Å². The summed E-state index contributed by atoms with van der Waals surface area (Å²) >= 11 is 0.823. The molecule has 0 N–H and O–H groups in total. The topological polar surface area (TPSA) is 38.7 Å². The molecule has 0 aliphatic heterocycles. The molecular formula is C13H6F3N3S. The summed E-state index contributed by atoms with van der Waals surface area (Å²) in [6, 6.07) is 7.59. The SMILES string of the molecule is Fc1cc(F)c(Sc2ncnc3ccccc23)nc1F. The summed E-state index contributed by atoms with van der Waals surface area (Å²) in [7, 11) is 0. The lowest BCUT2D eigenvalue weighted by molar-refractivity contribution is 0.448. The number of para-hydroxylation sites is 1. The second-order valence-electron chi connectivity index (χ2n) is 3.85. The van der Waals surface area contributed by atoms with Crippen molar-refractivity contribution in [1.29, 1.82) is 0 Å². The van der Waals surface area contributed by atoms with Gasteiger partial charge in [0.2, 0.25) is 5.95 Å². The third-order valence-electron chi connectivity index (χ3n) is 2.55. The van der Waals surface area contributed by atoms with Gasteiger partial charge < -0.3 is 0 Å². The third kappa shape index (κ3) is 2.32. The molecule has 20 heavy (non-hydrogen) atoms. The van der Waals surface area contributed by atoms with E-state index in [9.17, 15) is 13.2 Å². The zero-order chi connectivity index (χ0) is 14.1. The molecule has 7 heteroatoms. The monoisotopic (exact) mass is 293 g/mol. The van der Waals surface area contributed by atoms with Gasteiger partial charge >= 0.3 is 0 Å². The number of halogens is 3. The van der Waals surface area contributed by atoms with Crippen LogP contribution in [0, 0.1) is 17.6 Å². The molecule has 3 nitrogen and oxygen atoms in total. The van der Waals surface area contributed by atoms with E-state index in [1.807, 2.05) is 0 Å². The van der Waals surface area contributed by atoms with E-state index in [1.165, 1.54) is 6.33 Å². The average Bonchev–Trinajstić information content (AvgIpc) is 2.45. The number of hydrogen-bond donors (Lipinski definition) is 0. The van der Waals surface area contributed by atoms with Crippen LogP contribution in [0.4, 0.5) is 13.2 Å². The summed E-state index contributed by atoms with van der Waals surface area (Å²) in [5.74, 6) is -3.59. The number of hydrogen-bond acceptors (Lipinski definition) is 4. The van der Waals surface area contributed by atoms with Crippen molar-refractivity contribution in [2.45, 2.75) is 10.1 Å². The first-order chi connectivity index (χ1) is 9.65. The molecule has 0 saturated heterocycles. The Morgan fingerprint density at radius 1 is 0.900 bits per heavy atom. The highest BCUT2D eigenvalue weighted by Crippen LogP contribution is 2.31. The Bertz CT molecular complexity index is 790. The van der Waals surface area contributed by atoms with Gasteiger partial charge in [0, 0.05) is 11.5 Å². The van der Waals surface area contributed by atoms with Crippen molar-refractivity contribution in [3.05, 3.63) is 54.2 Å². The standard InChI is InChI=1S/C13H6F3N3S/c14-8-5-9(15)13(19-11(8)16)20-12-7-3-1-2-4-10(7)17-6-18-12/h1-6H. The fraction of sp³-hybridized carbons (Fsp3) is 0. The van der Waals surface area contributed by atoms with Gasteiger partial charge in [0.05, 0.1) is 5.52 Å². The van der Waals surface area contributed by atoms with Gasteiger partial charge in [0.15, 0.2) is 11.6 Å². The Balaban J connectivity index is 2.08. The van der Waals surface area contributed by atoms with E-state index in [1.54, 1.807) is 24.3 Å². The fourth-order valence-corrected chi connectivity index (χ4v) is 2.50. The lowest BCUT2D eigenvalue weighted by atomic mass is 10.2. The number of rotatable bonds is 2. The largest absolute Gasteiger partial charge is 0.250 e. The van der Waals surface area contributed by atoms with Crippen molar-refractivity contribution in [2.24, 2.45) is 0 Å². The minimum Gasteiger partial charge on any atom is -0.236 e. The van der Waals surface area contributed by atoms with Crippen LogP contribution in [0.2, 0.25) is 0 Å². The van der Waals surface area contributed by atoms with Gasteiger partial charge in [-0.2, -0.15) is 4.39 Å². The van der Waals surface area contributed by atoms with Crippen molar-refractivity contribution in [1.82, 2.24) is 15.0 Å². The number of fused-ring (bicyclic) bond motifs is 1. The summed E-state index contributed by atoms with van der Waals surface area (Å²) in [6.45, 7) is 0.